The molecule has 1 aliphatic heterocycles. The standard InChI is InChI=1S/C19H22N2O2/c20-17(13-15-7-3-1-4-8-15)19(22)21-11-12-23-18(14-21)16-9-5-2-6-10-16/h1-10,17-18H,11-14,20H2. The summed E-state index contributed by atoms with van der Waals surface area (Å²) in [5, 5.41) is 0. The maximum Gasteiger partial charge on any atom is 0.240 e. The maximum absolute atomic E-state index is 12.6. The number of morpholine rings is 1. The zero-order chi connectivity index (χ0) is 16.1. The van der Waals surface area contributed by atoms with Gasteiger partial charge in [0.05, 0.1) is 19.2 Å². The number of carbonyl (C=O) groups excluding carboxylic acids is 1. The quantitative estimate of drug-likeness (QED) is 0.941. The molecule has 0 aromatic heterocycles. The van der Waals surface area contributed by atoms with Gasteiger partial charge in [-0.15, -0.1) is 0 Å². The second-order valence-corrected chi connectivity index (χ2v) is 5.85. The van der Waals surface area contributed by atoms with Gasteiger partial charge in [-0.3, -0.25) is 4.79 Å². The van der Waals surface area contributed by atoms with E-state index in [4.69, 9.17) is 10.5 Å². The summed E-state index contributed by atoms with van der Waals surface area (Å²) < 4.78 is 5.81. The van der Waals surface area contributed by atoms with Gasteiger partial charge in [-0.25, -0.2) is 0 Å². The summed E-state index contributed by atoms with van der Waals surface area (Å²) in [5.74, 6) is -0.00177. The number of amides is 1. The zero-order valence-electron chi connectivity index (χ0n) is 13.1. The van der Waals surface area contributed by atoms with Gasteiger partial charge in [-0.1, -0.05) is 60.7 Å². The van der Waals surface area contributed by atoms with E-state index >= 15 is 0 Å². The normalized spacial score (nSPS) is 19.3. The molecule has 1 fully saturated rings. The fourth-order valence-electron chi connectivity index (χ4n) is 2.91. The van der Waals surface area contributed by atoms with E-state index in [1.165, 1.54) is 0 Å². The van der Waals surface area contributed by atoms with Crippen LogP contribution in [-0.4, -0.2) is 36.5 Å². The zero-order valence-corrected chi connectivity index (χ0v) is 13.1. The van der Waals surface area contributed by atoms with E-state index in [1.807, 2.05) is 65.6 Å². The highest BCUT2D eigenvalue weighted by molar-refractivity contribution is 5.82. The summed E-state index contributed by atoms with van der Waals surface area (Å²) in [6, 6.07) is 19.4. The third kappa shape index (κ3) is 3.97. The molecule has 0 spiro atoms. The Morgan fingerprint density at radius 2 is 1.78 bits per heavy atom. The monoisotopic (exact) mass is 310 g/mol. The third-order valence-corrected chi connectivity index (χ3v) is 4.17. The SMILES string of the molecule is NC(Cc1ccccc1)C(=O)N1CCOC(c2ccccc2)C1. The van der Waals surface area contributed by atoms with Crippen molar-refractivity contribution < 1.29 is 9.53 Å². The van der Waals surface area contributed by atoms with Crippen molar-refractivity contribution in [1.82, 2.24) is 4.90 Å². The molecule has 4 nitrogen and oxygen atoms in total. The molecule has 1 aliphatic rings. The average molecular weight is 310 g/mol. The predicted molar refractivity (Wildman–Crippen MR) is 89.8 cm³/mol. The Bertz CT molecular complexity index is 630. The molecule has 2 unspecified atom stereocenters. The van der Waals surface area contributed by atoms with Gasteiger partial charge >= 0.3 is 0 Å². The van der Waals surface area contributed by atoms with Crippen LogP contribution >= 0.6 is 0 Å². The first kappa shape index (κ1) is 15.7. The minimum Gasteiger partial charge on any atom is -0.370 e. The van der Waals surface area contributed by atoms with Crippen molar-refractivity contribution >= 4 is 5.91 Å². The molecule has 4 heteroatoms. The van der Waals surface area contributed by atoms with E-state index in [9.17, 15) is 4.79 Å². The number of benzene rings is 2. The lowest BCUT2D eigenvalue weighted by atomic mass is 10.0. The third-order valence-electron chi connectivity index (χ3n) is 4.17. The Morgan fingerprint density at radius 3 is 2.48 bits per heavy atom. The summed E-state index contributed by atoms with van der Waals surface area (Å²) in [6.07, 6.45) is 0.491. The molecular weight excluding hydrogens is 288 g/mol. The van der Waals surface area contributed by atoms with Crippen molar-refractivity contribution in [2.45, 2.75) is 18.6 Å². The molecule has 2 aromatic carbocycles. The summed E-state index contributed by atoms with van der Waals surface area (Å²) >= 11 is 0. The Kier molecular flexibility index (Phi) is 5.05. The molecule has 0 saturated carbocycles. The number of hydrogen-bond acceptors (Lipinski definition) is 3. The summed E-state index contributed by atoms with van der Waals surface area (Å²) in [6.45, 7) is 1.71. The van der Waals surface area contributed by atoms with Gasteiger partial charge in [0, 0.05) is 6.54 Å². The molecule has 0 bridgehead atoms. The van der Waals surface area contributed by atoms with Crippen LogP contribution in [0.2, 0.25) is 0 Å². The van der Waals surface area contributed by atoms with Gasteiger partial charge in [0.2, 0.25) is 5.91 Å². The Balaban J connectivity index is 1.62. The van der Waals surface area contributed by atoms with E-state index in [2.05, 4.69) is 0 Å². The minimum absolute atomic E-state index is 0.00177. The van der Waals surface area contributed by atoms with Gasteiger partial charge < -0.3 is 15.4 Å². The smallest absolute Gasteiger partial charge is 0.240 e. The van der Waals surface area contributed by atoms with Crippen molar-refractivity contribution in [2.75, 3.05) is 19.7 Å². The second-order valence-electron chi connectivity index (χ2n) is 5.85. The minimum atomic E-state index is -0.507. The molecule has 1 amide bonds. The Hall–Kier alpha value is -2.17. The summed E-state index contributed by atoms with van der Waals surface area (Å²) in [7, 11) is 0. The van der Waals surface area contributed by atoms with E-state index in [0.717, 1.165) is 11.1 Å². The topological polar surface area (TPSA) is 55.6 Å². The van der Waals surface area contributed by atoms with Crippen LogP contribution in [0.15, 0.2) is 60.7 Å². The molecule has 3 rings (SSSR count). The molecule has 2 N–H and O–H groups in total. The van der Waals surface area contributed by atoms with Crippen molar-refractivity contribution in [3.8, 4) is 0 Å². The first-order valence-corrected chi connectivity index (χ1v) is 7.99. The maximum atomic E-state index is 12.6. The molecule has 2 atom stereocenters. The van der Waals surface area contributed by atoms with Gasteiger partial charge in [-0.2, -0.15) is 0 Å². The highest BCUT2D eigenvalue weighted by Gasteiger charge is 2.28. The van der Waals surface area contributed by atoms with Crippen LogP contribution in [0, 0.1) is 0 Å². The van der Waals surface area contributed by atoms with Crippen LogP contribution in [0.5, 0.6) is 0 Å². The number of rotatable bonds is 4. The van der Waals surface area contributed by atoms with Crippen molar-refractivity contribution in [1.29, 1.82) is 0 Å². The molecule has 120 valence electrons. The first-order chi connectivity index (χ1) is 11.2. The van der Waals surface area contributed by atoms with Crippen LogP contribution in [0.4, 0.5) is 0 Å². The molecular formula is C19H22N2O2. The molecule has 0 aliphatic carbocycles. The highest BCUT2D eigenvalue weighted by Crippen LogP contribution is 2.22. The van der Waals surface area contributed by atoms with Crippen molar-refractivity contribution in [3.63, 3.8) is 0 Å². The summed E-state index contributed by atoms with van der Waals surface area (Å²) in [5.41, 5.74) is 8.32. The molecule has 1 saturated heterocycles. The lowest BCUT2D eigenvalue weighted by Crippen LogP contribution is -2.50. The Morgan fingerprint density at radius 1 is 1.13 bits per heavy atom. The van der Waals surface area contributed by atoms with E-state index < -0.39 is 6.04 Å². The lowest BCUT2D eigenvalue weighted by Gasteiger charge is -2.34. The fraction of sp³-hybridized carbons (Fsp3) is 0.316. The van der Waals surface area contributed by atoms with E-state index in [-0.39, 0.29) is 12.0 Å². The average Bonchev–Trinajstić information content (AvgIpc) is 2.63. The highest BCUT2D eigenvalue weighted by atomic mass is 16.5. The number of carbonyl (C=O) groups is 1. The molecule has 2 aromatic rings. The summed E-state index contributed by atoms with van der Waals surface area (Å²) in [4.78, 5) is 14.5. The van der Waals surface area contributed by atoms with Gasteiger partial charge in [0.1, 0.15) is 6.10 Å². The van der Waals surface area contributed by atoms with E-state index in [1.54, 1.807) is 0 Å². The van der Waals surface area contributed by atoms with Crippen molar-refractivity contribution in [3.05, 3.63) is 71.8 Å². The van der Waals surface area contributed by atoms with Gasteiger partial charge in [0.15, 0.2) is 0 Å². The lowest BCUT2D eigenvalue weighted by molar-refractivity contribution is -0.140. The second kappa shape index (κ2) is 7.40. The Labute approximate surface area is 136 Å². The molecule has 23 heavy (non-hydrogen) atoms. The largest absolute Gasteiger partial charge is 0.370 e. The van der Waals surface area contributed by atoms with Gasteiger partial charge in [-0.05, 0) is 17.5 Å². The van der Waals surface area contributed by atoms with Crippen molar-refractivity contribution in [2.24, 2.45) is 5.73 Å². The molecule has 1 heterocycles. The predicted octanol–water partition coefficient (Wildman–Crippen LogP) is 2.16. The number of nitrogens with two attached hydrogens (primary N) is 1. The first-order valence-electron chi connectivity index (χ1n) is 7.99. The molecule has 0 radical (unpaired) electrons. The van der Waals surface area contributed by atoms with Crippen LogP contribution in [0.3, 0.4) is 0 Å². The van der Waals surface area contributed by atoms with Crippen LogP contribution in [0.25, 0.3) is 0 Å². The van der Waals surface area contributed by atoms with Crippen LogP contribution < -0.4 is 5.73 Å². The van der Waals surface area contributed by atoms with Crippen LogP contribution in [-0.2, 0) is 16.0 Å². The number of hydrogen-bond donors (Lipinski definition) is 1. The fourth-order valence-corrected chi connectivity index (χ4v) is 2.91. The number of nitrogens with zero attached hydrogens (tertiary/aromatic N) is 1. The van der Waals surface area contributed by atoms with E-state index in [0.29, 0.717) is 26.1 Å². The van der Waals surface area contributed by atoms with Crippen LogP contribution in [0.1, 0.15) is 17.2 Å². The number of ether oxygens (including phenoxy) is 1. The van der Waals surface area contributed by atoms with Gasteiger partial charge in [0.25, 0.3) is 0 Å².